The van der Waals surface area contributed by atoms with E-state index in [9.17, 15) is 14.4 Å². The number of benzene rings is 4. The Bertz CT molecular complexity index is 1550. The van der Waals surface area contributed by atoms with Gasteiger partial charge in [-0.1, -0.05) is 66.7 Å². The summed E-state index contributed by atoms with van der Waals surface area (Å²) in [4.78, 5) is 44.0. The highest BCUT2D eigenvalue weighted by Crippen LogP contribution is 2.21. The van der Waals surface area contributed by atoms with Gasteiger partial charge in [-0.25, -0.2) is 0 Å². The quantitative estimate of drug-likeness (QED) is 0.287. The molecule has 0 fully saturated rings. The number of nitrogens with zero attached hydrogens (tertiary/aromatic N) is 2. The molecule has 4 aromatic carbocycles. The lowest BCUT2D eigenvalue weighted by atomic mass is 9.98. The fourth-order valence-corrected chi connectivity index (χ4v) is 5.10. The molecular formula is C34H38N4O4. The van der Waals surface area contributed by atoms with Crippen LogP contribution in [-0.2, 0) is 29.0 Å². The Labute approximate surface area is 247 Å². The van der Waals surface area contributed by atoms with Crippen LogP contribution < -0.4 is 15.8 Å². The smallest absolute Gasteiger partial charge is 0.254 e. The molecule has 0 aliphatic heterocycles. The van der Waals surface area contributed by atoms with Crippen molar-refractivity contribution in [2.24, 2.45) is 5.73 Å². The molecule has 0 spiro atoms. The highest BCUT2D eigenvalue weighted by atomic mass is 16.5. The summed E-state index contributed by atoms with van der Waals surface area (Å²) in [6.07, 6.45) is 0.570. The fourth-order valence-electron chi connectivity index (χ4n) is 5.10. The number of nitrogens with two attached hydrogens (primary N) is 1. The van der Waals surface area contributed by atoms with Crippen LogP contribution in [0.5, 0.6) is 5.75 Å². The minimum absolute atomic E-state index is 0.274. The highest BCUT2D eigenvalue weighted by molar-refractivity contribution is 5.98. The van der Waals surface area contributed by atoms with Gasteiger partial charge in [0.15, 0.2) is 0 Å². The maximum absolute atomic E-state index is 14.3. The predicted molar refractivity (Wildman–Crippen MR) is 165 cm³/mol. The average molecular weight is 567 g/mol. The molecule has 4 aromatic rings. The van der Waals surface area contributed by atoms with Crippen LogP contribution in [-0.4, -0.2) is 67.9 Å². The molecule has 4 rings (SSSR count). The molecule has 0 aliphatic rings. The van der Waals surface area contributed by atoms with Crippen molar-refractivity contribution in [1.29, 1.82) is 0 Å². The van der Waals surface area contributed by atoms with Crippen LogP contribution >= 0.6 is 0 Å². The zero-order valence-corrected chi connectivity index (χ0v) is 24.5. The lowest BCUT2D eigenvalue weighted by Gasteiger charge is -2.34. The number of nitrogens with one attached hydrogen (secondary N) is 1. The minimum Gasteiger partial charge on any atom is -0.497 e. The Hall–Kier alpha value is -4.69. The van der Waals surface area contributed by atoms with Gasteiger partial charge in [-0.05, 0) is 51.7 Å². The number of hydrogen-bond acceptors (Lipinski definition) is 5. The summed E-state index contributed by atoms with van der Waals surface area (Å²) in [6.45, 7) is 0.298. The lowest BCUT2D eigenvalue weighted by molar-refractivity contribution is -0.142. The van der Waals surface area contributed by atoms with Gasteiger partial charge in [0.25, 0.3) is 5.91 Å². The molecule has 8 nitrogen and oxygen atoms in total. The molecule has 2 atom stereocenters. The lowest BCUT2D eigenvalue weighted by Crippen LogP contribution is -2.55. The first kappa shape index (κ1) is 30.3. The first-order valence-electron chi connectivity index (χ1n) is 13.9. The van der Waals surface area contributed by atoms with E-state index < -0.39 is 12.1 Å². The van der Waals surface area contributed by atoms with Crippen molar-refractivity contribution in [3.8, 4) is 5.75 Å². The van der Waals surface area contributed by atoms with Crippen LogP contribution in [0.25, 0.3) is 10.8 Å². The normalized spacial score (nSPS) is 12.3. The summed E-state index contributed by atoms with van der Waals surface area (Å²) < 4.78 is 5.25. The maximum atomic E-state index is 14.3. The van der Waals surface area contributed by atoms with E-state index in [2.05, 4.69) is 5.32 Å². The van der Waals surface area contributed by atoms with Crippen LogP contribution in [0.4, 0.5) is 0 Å². The molecule has 0 bridgehead atoms. The van der Waals surface area contributed by atoms with Crippen molar-refractivity contribution in [2.45, 2.75) is 31.5 Å². The monoisotopic (exact) mass is 566 g/mol. The Balaban J connectivity index is 1.68. The van der Waals surface area contributed by atoms with Gasteiger partial charge in [-0.15, -0.1) is 0 Å². The number of likely N-dealkylation sites (N-methyl/N-ethyl adjacent to an activating group) is 3. The molecule has 3 amide bonds. The highest BCUT2D eigenvalue weighted by Gasteiger charge is 2.35. The Morgan fingerprint density at radius 3 is 2.10 bits per heavy atom. The van der Waals surface area contributed by atoms with Gasteiger partial charge < -0.3 is 25.6 Å². The van der Waals surface area contributed by atoms with Crippen molar-refractivity contribution in [3.63, 3.8) is 0 Å². The minimum atomic E-state index is -0.867. The molecular weight excluding hydrogens is 528 g/mol. The number of methoxy groups -OCH3 is 1. The zero-order chi connectivity index (χ0) is 30.2. The third-order valence-corrected chi connectivity index (χ3v) is 7.68. The number of fused-ring (bicyclic) bond motifs is 1. The molecule has 3 N–H and O–H groups in total. The molecule has 0 radical (unpaired) electrons. The molecule has 0 heterocycles. The molecule has 42 heavy (non-hydrogen) atoms. The first-order chi connectivity index (χ1) is 20.2. The van der Waals surface area contributed by atoms with Crippen LogP contribution in [0.3, 0.4) is 0 Å². The van der Waals surface area contributed by atoms with E-state index >= 15 is 0 Å². The Morgan fingerprint density at radius 2 is 1.43 bits per heavy atom. The Kier molecular flexibility index (Phi) is 9.93. The summed E-state index contributed by atoms with van der Waals surface area (Å²) in [5.74, 6) is -0.231. The van der Waals surface area contributed by atoms with Crippen molar-refractivity contribution in [3.05, 3.63) is 113 Å². The molecule has 0 aromatic heterocycles. The van der Waals surface area contributed by atoms with Gasteiger partial charge in [0.2, 0.25) is 11.8 Å². The van der Waals surface area contributed by atoms with Gasteiger partial charge in [0.05, 0.1) is 7.11 Å². The van der Waals surface area contributed by atoms with Crippen molar-refractivity contribution >= 4 is 28.5 Å². The largest absolute Gasteiger partial charge is 0.497 e. The summed E-state index contributed by atoms with van der Waals surface area (Å²) in [5, 5.41) is 4.82. The van der Waals surface area contributed by atoms with E-state index in [0.29, 0.717) is 24.3 Å². The topological polar surface area (TPSA) is 105 Å². The molecule has 0 unspecified atom stereocenters. The number of rotatable bonds is 11. The SMILES string of the molecule is CNC(=O)[C@@H](Cc1ccc(OC)cc1)N(C)C(=O)[C@@H](Cc1ccc2ccccc2c1)N(C)C(=O)c1cccc(CN)c1. The molecule has 0 aliphatic carbocycles. The standard InChI is InChI=1S/C34H38N4O4/c1-36-32(39)30(20-23-13-16-29(42-4)17-14-23)37(2)34(41)31(21-24-12-15-26-9-5-6-10-27(26)18-24)38(3)33(40)28-11-7-8-25(19-28)22-35/h5-19,30-31H,20-22,35H2,1-4H3,(H,36,39)/t30-,31-/m1/s1. The van der Waals surface area contributed by atoms with Crippen molar-refractivity contribution in [2.75, 3.05) is 28.3 Å². The van der Waals surface area contributed by atoms with E-state index in [1.807, 2.05) is 72.8 Å². The number of carbonyl (C=O) groups excluding carboxylic acids is 3. The summed E-state index contributed by atoms with van der Waals surface area (Å²) in [7, 11) is 6.39. The molecule has 218 valence electrons. The van der Waals surface area contributed by atoms with E-state index in [1.165, 1.54) is 9.80 Å². The van der Waals surface area contributed by atoms with Gasteiger partial charge in [-0.3, -0.25) is 14.4 Å². The number of amides is 3. The van der Waals surface area contributed by atoms with Crippen LogP contribution in [0.1, 0.15) is 27.0 Å². The summed E-state index contributed by atoms with van der Waals surface area (Å²) in [6, 6.07) is 26.9. The van der Waals surface area contributed by atoms with Gasteiger partial charge in [0.1, 0.15) is 17.8 Å². The first-order valence-corrected chi connectivity index (χ1v) is 13.9. The third-order valence-electron chi connectivity index (χ3n) is 7.68. The fraction of sp³-hybridized carbons (Fsp3) is 0.265. The molecule has 0 saturated carbocycles. The van der Waals surface area contributed by atoms with E-state index in [-0.39, 0.29) is 24.1 Å². The predicted octanol–water partition coefficient (Wildman–Crippen LogP) is 3.81. The maximum Gasteiger partial charge on any atom is 0.254 e. The zero-order valence-electron chi connectivity index (χ0n) is 24.5. The van der Waals surface area contributed by atoms with E-state index in [4.69, 9.17) is 10.5 Å². The molecule has 8 heteroatoms. The van der Waals surface area contributed by atoms with Gasteiger partial charge in [-0.2, -0.15) is 0 Å². The van der Waals surface area contributed by atoms with Gasteiger partial charge >= 0.3 is 0 Å². The average Bonchev–Trinajstić information content (AvgIpc) is 3.04. The number of hydrogen-bond donors (Lipinski definition) is 2. The number of carbonyl (C=O) groups is 3. The second-order valence-corrected chi connectivity index (χ2v) is 10.4. The summed E-state index contributed by atoms with van der Waals surface area (Å²) in [5.41, 5.74) is 8.86. The molecule has 0 saturated heterocycles. The van der Waals surface area contributed by atoms with Crippen molar-refractivity contribution < 1.29 is 19.1 Å². The van der Waals surface area contributed by atoms with Crippen LogP contribution in [0, 0.1) is 0 Å². The van der Waals surface area contributed by atoms with Crippen LogP contribution in [0.15, 0.2) is 91.0 Å². The second-order valence-electron chi connectivity index (χ2n) is 10.4. The third kappa shape index (κ3) is 6.95. The van der Waals surface area contributed by atoms with Crippen molar-refractivity contribution in [1.82, 2.24) is 15.1 Å². The van der Waals surface area contributed by atoms with E-state index in [1.54, 1.807) is 46.5 Å². The van der Waals surface area contributed by atoms with Crippen LogP contribution in [0.2, 0.25) is 0 Å². The second kappa shape index (κ2) is 13.8. The summed E-state index contributed by atoms with van der Waals surface area (Å²) >= 11 is 0. The van der Waals surface area contributed by atoms with Gasteiger partial charge in [0, 0.05) is 46.1 Å². The number of ether oxygens (including phenoxy) is 1. The Morgan fingerprint density at radius 1 is 0.762 bits per heavy atom. The van der Waals surface area contributed by atoms with E-state index in [0.717, 1.165) is 27.5 Å².